The lowest BCUT2D eigenvalue weighted by Gasteiger charge is -2.08. The van der Waals surface area contributed by atoms with E-state index < -0.39 is 10.1 Å². The lowest BCUT2D eigenvalue weighted by molar-refractivity contribution is 0.487. The number of aromatic nitrogens is 1. The highest BCUT2D eigenvalue weighted by Gasteiger charge is 2.20. The van der Waals surface area contributed by atoms with E-state index >= 15 is 0 Å². The van der Waals surface area contributed by atoms with Crippen molar-refractivity contribution >= 4 is 21.0 Å². The summed E-state index contributed by atoms with van der Waals surface area (Å²) in [4.78, 5) is 4.20. The maximum Gasteiger partial charge on any atom is 0.341 e. The van der Waals surface area contributed by atoms with Gasteiger partial charge in [0.1, 0.15) is 10.6 Å². The first-order chi connectivity index (χ1) is 9.67. The maximum atomic E-state index is 12.4. The molecule has 0 amide bonds. The molecule has 20 heavy (non-hydrogen) atoms. The zero-order valence-electron chi connectivity index (χ0n) is 10.4. The molecular formula is C15H11NO3S. The highest BCUT2D eigenvalue weighted by atomic mass is 32.2. The molecule has 0 fully saturated rings. The Balaban J connectivity index is 2.10. The van der Waals surface area contributed by atoms with Gasteiger partial charge in [0.25, 0.3) is 0 Å². The summed E-state index contributed by atoms with van der Waals surface area (Å²) in [6, 6.07) is 17.0. The molecule has 0 radical (unpaired) electrons. The second kappa shape index (κ2) is 4.94. The van der Waals surface area contributed by atoms with E-state index in [0.717, 1.165) is 5.39 Å². The third-order valence-electron chi connectivity index (χ3n) is 2.81. The highest BCUT2D eigenvalue weighted by molar-refractivity contribution is 7.87. The quantitative estimate of drug-likeness (QED) is 0.694. The Bertz CT molecular complexity index is 840. The summed E-state index contributed by atoms with van der Waals surface area (Å²) >= 11 is 0. The van der Waals surface area contributed by atoms with Gasteiger partial charge in [0.05, 0.1) is 5.52 Å². The third kappa shape index (κ3) is 2.35. The molecule has 2 aromatic carbocycles. The van der Waals surface area contributed by atoms with Gasteiger partial charge in [-0.3, -0.25) is 4.98 Å². The minimum Gasteiger partial charge on any atom is -0.379 e. The monoisotopic (exact) mass is 285 g/mol. The lowest BCUT2D eigenvalue weighted by Crippen LogP contribution is -2.10. The molecule has 0 saturated heterocycles. The van der Waals surface area contributed by atoms with E-state index in [2.05, 4.69) is 4.98 Å². The van der Waals surface area contributed by atoms with Crippen LogP contribution < -0.4 is 4.18 Å². The molecule has 0 atom stereocenters. The van der Waals surface area contributed by atoms with Gasteiger partial charge in [-0.1, -0.05) is 36.4 Å². The molecule has 0 spiro atoms. The first kappa shape index (κ1) is 12.6. The zero-order chi connectivity index (χ0) is 14.0. The molecule has 1 heterocycles. The first-order valence-electron chi connectivity index (χ1n) is 6.00. The van der Waals surface area contributed by atoms with Gasteiger partial charge in [0, 0.05) is 11.6 Å². The maximum absolute atomic E-state index is 12.4. The number of benzene rings is 2. The molecule has 5 heteroatoms. The smallest absolute Gasteiger partial charge is 0.341 e. The number of para-hydroxylation sites is 2. The zero-order valence-corrected chi connectivity index (χ0v) is 11.2. The molecule has 0 bridgehead atoms. The Morgan fingerprint density at radius 1 is 0.850 bits per heavy atom. The molecule has 4 nitrogen and oxygen atoms in total. The van der Waals surface area contributed by atoms with E-state index in [1.165, 1.54) is 6.07 Å². The highest BCUT2D eigenvalue weighted by Crippen LogP contribution is 2.24. The first-order valence-corrected chi connectivity index (χ1v) is 7.41. The van der Waals surface area contributed by atoms with Crippen LogP contribution in [-0.4, -0.2) is 13.4 Å². The Morgan fingerprint density at radius 3 is 2.40 bits per heavy atom. The average Bonchev–Trinajstić information content (AvgIpc) is 2.47. The van der Waals surface area contributed by atoms with Crippen molar-refractivity contribution in [1.82, 2.24) is 4.98 Å². The van der Waals surface area contributed by atoms with Crippen molar-refractivity contribution in [2.24, 2.45) is 0 Å². The van der Waals surface area contributed by atoms with Crippen molar-refractivity contribution in [2.45, 2.75) is 4.90 Å². The van der Waals surface area contributed by atoms with Crippen LogP contribution in [0.4, 0.5) is 0 Å². The van der Waals surface area contributed by atoms with Crippen LogP contribution in [-0.2, 0) is 10.1 Å². The molecule has 0 unspecified atom stereocenters. The van der Waals surface area contributed by atoms with Crippen LogP contribution in [0.25, 0.3) is 10.9 Å². The van der Waals surface area contributed by atoms with E-state index in [4.69, 9.17) is 4.18 Å². The topological polar surface area (TPSA) is 56.3 Å². The van der Waals surface area contributed by atoms with Crippen molar-refractivity contribution < 1.29 is 12.6 Å². The fourth-order valence-electron chi connectivity index (χ4n) is 1.93. The van der Waals surface area contributed by atoms with Crippen LogP contribution >= 0.6 is 0 Å². The molecule has 3 aromatic rings. The number of nitrogens with zero attached hydrogens (tertiary/aromatic N) is 1. The van der Waals surface area contributed by atoms with Gasteiger partial charge in [-0.25, -0.2) is 0 Å². The molecule has 0 saturated carbocycles. The summed E-state index contributed by atoms with van der Waals surface area (Å²) in [7, 11) is -3.90. The van der Waals surface area contributed by atoms with Crippen molar-refractivity contribution in [3.8, 4) is 5.75 Å². The minimum absolute atomic E-state index is 0.0689. The molecule has 1 aromatic heterocycles. The van der Waals surface area contributed by atoms with Crippen molar-refractivity contribution in [3.63, 3.8) is 0 Å². The molecule has 0 aliphatic rings. The Morgan fingerprint density at radius 2 is 1.60 bits per heavy atom. The number of hydrogen-bond donors (Lipinski definition) is 0. The van der Waals surface area contributed by atoms with Gasteiger partial charge in [-0.15, -0.1) is 0 Å². The van der Waals surface area contributed by atoms with Crippen LogP contribution in [0.5, 0.6) is 5.75 Å². The standard InChI is InChI=1S/C15H11NO3S/c17-20(18,19-13-8-2-1-3-9-13)14-10-4-6-12-7-5-11-16-15(12)14/h1-11H. The van der Waals surface area contributed by atoms with Crippen LogP contribution in [0.2, 0.25) is 0 Å². The summed E-state index contributed by atoms with van der Waals surface area (Å²) in [6.45, 7) is 0. The van der Waals surface area contributed by atoms with Crippen LogP contribution in [0.3, 0.4) is 0 Å². The summed E-state index contributed by atoms with van der Waals surface area (Å²) in [5.74, 6) is 0.278. The Hall–Kier alpha value is -2.40. The summed E-state index contributed by atoms with van der Waals surface area (Å²) in [5, 5.41) is 0.755. The van der Waals surface area contributed by atoms with E-state index in [-0.39, 0.29) is 10.6 Å². The Kier molecular flexibility index (Phi) is 3.12. The summed E-state index contributed by atoms with van der Waals surface area (Å²) in [5.41, 5.74) is 0.408. The predicted octanol–water partition coefficient (Wildman–Crippen LogP) is 3.00. The average molecular weight is 285 g/mol. The largest absolute Gasteiger partial charge is 0.379 e. The van der Waals surface area contributed by atoms with E-state index in [1.807, 2.05) is 12.1 Å². The van der Waals surface area contributed by atoms with Gasteiger partial charge >= 0.3 is 10.1 Å². The normalized spacial score (nSPS) is 11.4. The Labute approximate surface area is 116 Å². The second-order valence-corrected chi connectivity index (χ2v) is 5.70. The van der Waals surface area contributed by atoms with Crippen LogP contribution in [0.1, 0.15) is 0 Å². The van der Waals surface area contributed by atoms with Gasteiger partial charge < -0.3 is 4.18 Å². The SMILES string of the molecule is O=S(=O)(Oc1ccccc1)c1cccc2cccnc12. The number of pyridine rings is 1. The molecular weight excluding hydrogens is 274 g/mol. The van der Waals surface area contributed by atoms with Crippen LogP contribution in [0, 0.1) is 0 Å². The van der Waals surface area contributed by atoms with E-state index in [9.17, 15) is 8.42 Å². The number of hydrogen-bond acceptors (Lipinski definition) is 4. The fraction of sp³-hybridized carbons (Fsp3) is 0. The van der Waals surface area contributed by atoms with Crippen molar-refractivity contribution in [2.75, 3.05) is 0 Å². The molecule has 0 aliphatic heterocycles. The van der Waals surface area contributed by atoms with Gasteiger partial charge in [0.15, 0.2) is 0 Å². The van der Waals surface area contributed by atoms with Gasteiger partial charge in [0.2, 0.25) is 0 Å². The van der Waals surface area contributed by atoms with Crippen molar-refractivity contribution in [3.05, 3.63) is 66.9 Å². The number of rotatable bonds is 3. The second-order valence-electron chi connectivity index (χ2n) is 4.18. The van der Waals surface area contributed by atoms with Crippen LogP contribution in [0.15, 0.2) is 71.8 Å². The lowest BCUT2D eigenvalue weighted by atomic mass is 10.2. The minimum atomic E-state index is -3.90. The fourth-order valence-corrected chi connectivity index (χ4v) is 3.03. The molecule has 0 N–H and O–H groups in total. The summed E-state index contributed by atoms with van der Waals surface area (Å²) in [6.07, 6.45) is 1.56. The number of fused-ring (bicyclic) bond motifs is 1. The third-order valence-corrected chi connectivity index (χ3v) is 4.09. The predicted molar refractivity (Wildman–Crippen MR) is 76.0 cm³/mol. The van der Waals surface area contributed by atoms with Gasteiger partial charge in [-0.2, -0.15) is 8.42 Å². The van der Waals surface area contributed by atoms with Gasteiger partial charge in [-0.05, 0) is 24.3 Å². The molecule has 3 rings (SSSR count). The molecule has 100 valence electrons. The summed E-state index contributed by atoms with van der Waals surface area (Å²) < 4.78 is 29.8. The molecule has 0 aliphatic carbocycles. The van der Waals surface area contributed by atoms with Crippen molar-refractivity contribution in [1.29, 1.82) is 0 Å². The van der Waals surface area contributed by atoms with E-state index in [1.54, 1.807) is 48.7 Å². The van der Waals surface area contributed by atoms with E-state index in [0.29, 0.717) is 5.52 Å².